The van der Waals surface area contributed by atoms with Crippen molar-refractivity contribution in [2.75, 3.05) is 0 Å². The lowest BCUT2D eigenvalue weighted by Crippen LogP contribution is -2.45. The van der Waals surface area contributed by atoms with Crippen molar-refractivity contribution in [3.05, 3.63) is 0 Å². The van der Waals surface area contributed by atoms with E-state index >= 15 is 0 Å². The number of hydrogen-bond acceptors (Lipinski definition) is 2. The van der Waals surface area contributed by atoms with Gasteiger partial charge in [-0.1, -0.05) is 20.8 Å². The molecule has 0 aromatic carbocycles. The SMILES string of the molecule is CC(N)O[Si](C)(C)C(C)(C)C. The summed E-state index contributed by atoms with van der Waals surface area (Å²) in [4.78, 5) is 0. The number of rotatable bonds is 2. The van der Waals surface area contributed by atoms with Gasteiger partial charge in [0, 0.05) is 0 Å². The van der Waals surface area contributed by atoms with Gasteiger partial charge in [0.05, 0.1) is 6.23 Å². The van der Waals surface area contributed by atoms with E-state index in [-0.39, 0.29) is 11.3 Å². The first-order chi connectivity index (χ1) is 4.67. The lowest BCUT2D eigenvalue weighted by molar-refractivity contribution is 0.206. The first-order valence-electron chi connectivity index (χ1n) is 4.10. The Labute approximate surface area is 71.3 Å². The fraction of sp³-hybridized carbons (Fsp3) is 1.00. The Hall–Kier alpha value is 0.137. The molecule has 0 aliphatic heterocycles. The highest BCUT2D eigenvalue weighted by Crippen LogP contribution is 2.36. The van der Waals surface area contributed by atoms with Gasteiger partial charge in [-0.2, -0.15) is 0 Å². The Bertz CT molecular complexity index is 127. The third kappa shape index (κ3) is 3.36. The molecule has 2 nitrogen and oxygen atoms in total. The van der Waals surface area contributed by atoms with Crippen LogP contribution in [0.3, 0.4) is 0 Å². The molecule has 1 unspecified atom stereocenters. The highest BCUT2D eigenvalue weighted by Gasteiger charge is 2.37. The second-order valence-corrected chi connectivity index (χ2v) is 9.34. The molecule has 0 saturated heterocycles. The summed E-state index contributed by atoms with van der Waals surface area (Å²) in [6.07, 6.45) is -0.129. The summed E-state index contributed by atoms with van der Waals surface area (Å²) >= 11 is 0. The molecular weight excluding hydrogens is 154 g/mol. The van der Waals surface area contributed by atoms with Gasteiger partial charge in [-0.25, -0.2) is 0 Å². The van der Waals surface area contributed by atoms with Crippen molar-refractivity contribution in [3.8, 4) is 0 Å². The summed E-state index contributed by atoms with van der Waals surface area (Å²) < 4.78 is 5.72. The largest absolute Gasteiger partial charge is 0.402 e. The topological polar surface area (TPSA) is 35.2 Å². The van der Waals surface area contributed by atoms with Crippen LogP contribution in [0.15, 0.2) is 0 Å². The van der Waals surface area contributed by atoms with Crippen LogP contribution in [0.5, 0.6) is 0 Å². The third-order valence-corrected chi connectivity index (χ3v) is 6.86. The standard InChI is InChI=1S/C8H21NOSi/c1-7(9)10-11(5,6)8(2,3)4/h7H,9H2,1-6H3. The third-order valence-electron chi connectivity index (χ3n) is 2.29. The van der Waals surface area contributed by atoms with E-state index in [4.69, 9.17) is 10.2 Å². The second kappa shape index (κ2) is 3.25. The molecule has 3 heteroatoms. The van der Waals surface area contributed by atoms with Crippen LogP contribution in [0.4, 0.5) is 0 Å². The normalized spacial score (nSPS) is 16.6. The predicted molar refractivity (Wildman–Crippen MR) is 51.9 cm³/mol. The maximum atomic E-state index is 5.72. The molecule has 0 fully saturated rings. The highest BCUT2D eigenvalue weighted by molar-refractivity contribution is 6.74. The molecule has 0 radical (unpaired) electrons. The Balaban J connectivity index is 4.22. The molecule has 0 heterocycles. The van der Waals surface area contributed by atoms with E-state index in [9.17, 15) is 0 Å². The molecule has 0 aromatic rings. The highest BCUT2D eigenvalue weighted by atomic mass is 28.4. The molecule has 0 aliphatic rings. The van der Waals surface area contributed by atoms with Crippen LogP contribution in [-0.2, 0) is 4.43 Å². The Morgan fingerprint density at radius 1 is 1.27 bits per heavy atom. The molecule has 1 atom stereocenters. The van der Waals surface area contributed by atoms with Gasteiger partial charge in [-0.15, -0.1) is 0 Å². The van der Waals surface area contributed by atoms with Gasteiger partial charge < -0.3 is 10.2 Å². The summed E-state index contributed by atoms with van der Waals surface area (Å²) in [6.45, 7) is 12.9. The fourth-order valence-corrected chi connectivity index (χ4v) is 1.92. The molecule has 0 rings (SSSR count). The van der Waals surface area contributed by atoms with Crippen LogP contribution in [0, 0.1) is 0 Å². The van der Waals surface area contributed by atoms with Crippen LogP contribution in [-0.4, -0.2) is 14.5 Å². The van der Waals surface area contributed by atoms with Crippen molar-refractivity contribution in [3.63, 3.8) is 0 Å². The summed E-state index contributed by atoms with van der Waals surface area (Å²) in [5.74, 6) is 0. The van der Waals surface area contributed by atoms with Crippen molar-refractivity contribution in [1.82, 2.24) is 0 Å². The van der Waals surface area contributed by atoms with Crippen LogP contribution in [0.1, 0.15) is 27.7 Å². The summed E-state index contributed by atoms with van der Waals surface area (Å²) in [5.41, 5.74) is 5.59. The summed E-state index contributed by atoms with van der Waals surface area (Å²) in [7, 11) is -1.59. The zero-order chi connectivity index (χ0) is 9.28. The van der Waals surface area contributed by atoms with E-state index in [0.717, 1.165) is 0 Å². The predicted octanol–water partition coefficient (Wildman–Crippen LogP) is 2.31. The van der Waals surface area contributed by atoms with Crippen molar-refractivity contribution >= 4 is 8.32 Å². The van der Waals surface area contributed by atoms with Gasteiger partial charge in [-0.3, -0.25) is 0 Å². The minimum atomic E-state index is -1.59. The van der Waals surface area contributed by atoms with Crippen LogP contribution in [0.2, 0.25) is 18.1 Å². The van der Waals surface area contributed by atoms with E-state index in [2.05, 4.69) is 33.9 Å². The average molecular weight is 175 g/mol. The second-order valence-electron chi connectivity index (χ2n) is 4.58. The van der Waals surface area contributed by atoms with Crippen molar-refractivity contribution in [1.29, 1.82) is 0 Å². The van der Waals surface area contributed by atoms with E-state index < -0.39 is 8.32 Å². The average Bonchev–Trinajstić information content (AvgIpc) is 1.56. The maximum Gasteiger partial charge on any atom is 0.194 e. The molecule has 0 spiro atoms. The van der Waals surface area contributed by atoms with Crippen molar-refractivity contribution < 1.29 is 4.43 Å². The van der Waals surface area contributed by atoms with E-state index in [1.165, 1.54) is 0 Å². The minimum Gasteiger partial charge on any atom is -0.402 e. The lowest BCUT2D eigenvalue weighted by atomic mass is 10.2. The monoisotopic (exact) mass is 175 g/mol. The maximum absolute atomic E-state index is 5.72. The molecule has 0 aliphatic carbocycles. The first kappa shape index (κ1) is 11.1. The van der Waals surface area contributed by atoms with Gasteiger partial charge in [0.2, 0.25) is 0 Å². The van der Waals surface area contributed by atoms with Gasteiger partial charge in [0.25, 0.3) is 0 Å². The van der Waals surface area contributed by atoms with Crippen LogP contribution in [0.25, 0.3) is 0 Å². The summed E-state index contributed by atoms with van der Waals surface area (Å²) in [6, 6.07) is 0. The quantitative estimate of drug-likeness (QED) is 0.516. The molecule has 2 N–H and O–H groups in total. The van der Waals surface area contributed by atoms with E-state index in [1.54, 1.807) is 0 Å². The smallest absolute Gasteiger partial charge is 0.194 e. The Morgan fingerprint density at radius 3 is 1.73 bits per heavy atom. The van der Waals surface area contributed by atoms with Crippen molar-refractivity contribution in [2.45, 2.75) is 52.1 Å². The number of hydrogen-bond donors (Lipinski definition) is 1. The molecule has 0 bridgehead atoms. The zero-order valence-electron chi connectivity index (χ0n) is 8.56. The van der Waals surface area contributed by atoms with Crippen molar-refractivity contribution in [2.24, 2.45) is 5.73 Å². The Morgan fingerprint density at radius 2 is 1.64 bits per heavy atom. The fourth-order valence-electron chi connectivity index (χ4n) is 0.642. The van der Waals surface area contributed by atoms with Gasteiger partial charge in [0.15, 0.2) is 8.32 Å². The van der Waals surface area contributed by atoms with Crippen LogP contribution >= 0.6 is 0 Å². The molecule has 0 saturated carbocycles. The molecule has 68 valence electrons. The zero-order valence-corrected chi connectivity index (χ0v) is 9.56. The van der Waals surface area contributed by atoms with E-state index in [1.807, 2.05) is 6.92 Å². The van der Waals surface area contributed by atoms with E-state index in [0.29, 0.717) is 0 Å². The number of nitrogens with two attached hydrogens (primary N) is 1. The molecule has 0 amide bonds. The van der Waals surface area contributed by atoms with Gasteiger partial charge >= 0.3 is 0 Å². The molecular formula is C8H21NOSi. The first-order valence-corrected chi connectivity index (χ1v) is 7.01. The minimum absolute atomic E-state index is 0.129. The Kier molecular flexibility index (Phi) is 3.29. The van der Waals surface area contributed by atoms with Gasteiger partial charge in [-0.05, 0) is 25.1 Å². The van der Waals surface area contributed by atoms with Gasteiger partial charge in [0.1, 0.15) is 0 Å². The lowest BCUT2D eigenvalue weighted by Gasteiger charge is -2.37. The summed E-state index contributed by atoms with van der Waals surface area (Å²) in [5, 5.41) is 0.265. The molecule has 11 heavy (non-hydrogen) atoms. The van der Waals surface area contributed by atoms with Crippen LogP contribution < -0.4 is 5.73 Å². The molecule has 0 aromatic heterocycles.